The van der Waals surface area contributed by atoms with Crippen LogP contribution in [0.1, 0.15) is 37.7 Å². The van der Waals surface area contributed by atoms with E-state index >= 15 is 0 Å². The largest absolute Gasteiger partial charge is 0.393 e. The van der Waals surface area contributed by atoms with Gasteiger partial charge in [0.05, 0.1) is 18.4 Å². The quantitative estimate of drug-likeness (QED) is 0.759. The SMILES string of the molecule is CS(=O)(=O)NC1CN(C(=O)CC2(c3ccccc3)C3CC4CC2CC(C3)C4O)C1. The Morgan fingerprint density at radius 1 is 1.10 bits per heavy atom. The number of sulfonamides is 1. The van der Waals surface area contributed by atoms with Crippen molar-refractivity contribution < 1.29 is 18.3 Å². The van der Waals surface area contributed by atoms with Crippen LogP contribution in [-0.4, -0.2) is 55.8 Å². The Labute approximate surface area is 172 Å². The highest BCUT2D eigenvalue weighted by molar-refractivity contribution is 7.88. The summed E-state index contributed by atoms with van der Waals surface area (Å²) in [6.45, 7) is 0.909. The zero-order chi connectivity index (χ0) is 20.4. The van der Waals surface area contributed by atoms with Gasteiger partial charge in [0.1, 0.15) is 0 Å². The fraction of sp³-hybridized carbons (Fsp3) is 0.682. The molecule has 0 aromatic heterocycles. The van der Waals surface area contributed by atoms with Gasteiger partial charge in [-0.2, -0.15) is 0 Å². The van der Waals surface area contributed by atoms with Gasteiger partial charge in [-0.15, -0.1) is 0 Å². The summed E-state index contributed by atoms with van der Waals surface area (Å²) in [4.78, 5) is 15.1. The minimum Gasteiger partial charge on any atom is -0.393 e. The average Bonchev–Trinajstić information content (AvgIpc) is 2.62. The molecule has 2 N–H and O–H groups in total. The highest BCUT2D eigenvalue weighted by atomic mass is 32.2. The van der Waals surface area contributed by atoms with Crippen LogP contribution in [0.15, 0.2) is 30.3 Å². The summed E-state index contributed by atoms with van der Waals surface area (Å²) >= 11 is 0. The number of hydrogen-bond donors (Lipinski definition) is 2. The lowest BCUT2D eigenvalue weighted by Crippen LogP contribution is -2.64. The Morgan fingerprint density at radius 3 is 2.17 bits per heavy atom. The molecule has 1 saturated heterocycles. The predicted octanol–water partition coefficient (Wildman–Crippen LogP) is 1.50. The lowest BCUT2D eigenvalue weighted by Gasteiger charge is -2.63. The normalized spacial score (nSPS) is 38.8. The third-order valence-electron chi connectivity index (χ3n) is 8.14. The number of carbonyl (C=O) groups is 1. The third-order valence-corrected chi connectivity index (χ3v) is 8.90. The lowest BCUT2D eigenvalue weighted by atomic mass is 9.42. The molecule has 1 aromatic carbocycles. The molecule has 4 bridgehead atoms. The molecule has 4 saturated carbocycles. The van der Waals surface area contributed by atoms with Gasteiger partial charge >= 0.3 is 0 Å². The van der Waals surface area contributed by atoms with Crippen LogP contribution in [0.25, 0.3) is 0 Å². The number of benzene rings is 1. The first-order chi connectivity index (χ1) is 13.8. The number of aliphatic hydroxyl groups is 1. The van der Waals surface area contributed by atoms with Gasteiger partial charge in [-0.05, 0) is 54.9 Å². The molecule has 0 spiro atoms. The summed E-state index contributed by atoms with van der Waals surface area (Å²) in [6, 6.07) is 10.3. The lowest BCUT2D eigenvalue weighted by molar-refractivity contribution is -0.155. The van der Waals surface area contributed by atoms with Gasteiger partial charge in [0.15, 0.2) is 0 Å². The molecule has 1 heterocycles. The molecule has 1 amide bonds. The number of rotatable bonds is 5. The van der Waals surface area contributed by atoms with Crippen LogP contribution in [-0.2, 0) is 20.2 Å². The maximum absolute atomic E-state index is 13.3. The van der Waals surface area contributed by atoms with Crippen molar-refractivity contribution in [3.63, 3.8) is 0 Å². The second-order valence-electron chi connectivity index (χ2n) is 9.82. The van der Waals surface area contributed by atoms with Gasteiger partial charge in [-0.25, -0.2) is 13.1 Å². The number of likely N-dealkylation sites (tertiary alicyclic amines) is 1. The predicted molar refractivity (Wildman–Crippen MR) is 110 cm³/mol. The van der Waals surface area contributed by atoms with Crippen LogP contribution in [0.2, 0.25) is 0 Å². The van der Waals surface area contributed by atoms with Crippen molar-refractivity contribution >= 4 is 15.9 Å². The van der Waals surface area contributed by atoms with Crippen molar-refractivity contribution in [3.05, 3.63) is 35.9 Å². The van der Waals surface area contributed by atoms with E-state index in [1.807, 2.05) is 6.07 Å². The van der Waals surface area contributed by atoms with Crippen molar-refractivity contribution in [2.75, 3.05) is 19.3 Å². The van der Waals surface area contributed by atoms with E-state index < -0.39 is 10.0 Å². The van der Waals surface area contributed by atoms with Crippen molar-refractivity contribution in [3.8, 4) is 0 Å². The Bertz CT molecular complexity index is 865. The van der Waals surface area contributed by atoms with Gasteiger partial charge < -0.3 is 10.0 Å². The van der Waals surface area contributed by atoms with Gasteiger partial charge in [0, 0.05) is 24.9 Å². The van der Waals surface area contributed by atoms with E-state index in [-0.39, 0.29) is 23.5 Å². The standard InChI is InChI=1S/C22H30N2O4S/c1-29(27,28)23-19-12-24(13-19)20(25)11-22(16-5-3-2-4-6-16)17-7-14-8-18(22)10-15(9-17)21(14)26/h2-6,14-15,17-19,21,23,26H,7-13H2,1H3. The molecule has 6 rings (SSSR count). The first kappa shape index (κ1) is 19.5. The summed E-state index contributed by atoms with van der Waals surface area (Å²) in [5.74, 6) is 1.78. The Balaban J connectivity index is 1.39. The molecule has 0 unspecified atom stereocenters. The first-order valence-electron chi connectivity index (χ1n) is 10.7. The zero-order valence-electron chi connectivity index (χ0n) is 16.8. The van der Waals surface area contributed by atoms with E-state index in [1.54, 1.807) is 4.90 Å². The van der Waals surface area contributed by atoms with E-state index in [2.05, 4.69) is 29.0 Å². The highest BCUT2D eigenvalue weighted by Gasteiger charge is 2.61. The maximum atomic E-state index is 13.3. The van der Waals surface area contributed by atoms with Gasteiger partial charge in [0.25, 0.3) is 0 Å². The highest BCUT2D eigenvalue weighted by Crippen LogP contribution is 2.64. The molecular formula is C22H30N2O4S. The van der Waals surface area contributed by atoms with Crippen LogP contribution in [0.4, 0.5) is 0 Å². The smallest absolute Gasteiger partial charge is 0.223 e. The minimum absolute atomic E-state index is 0.133. The van der Waals surface area contributed by atoms with E-state index in [4.69, 9.17) is 0 Å². The van der Waals surface area contributed by atoms with Crippen molar-refractivity contribution in [2.45, 2.75) is 49.7 Å². The Hall–Kier alpha value is -1.44. The van der Waals surface area contributed by atoms with Gasteiger partial charge in [0.2, 0.25) is 15.9 Å². The van der Waals surface area contributed by atoms with Crippen molar-refractivity contribution in [1.82, 2.24) is 9.62 Å². The van der Waals surface area contributed by atoms with Crippen molar-refractivity contribution in [2.24, 2.45) is 23.7 Å². The summed E-state index contributed by atoms with van der Waals surface area (Å²) in [7, 11) is -3.25. The van der Waals surface area contributed by atoms with E-state index in [0.29, 0.717) is 43.2 Å². The summed E-state index contributed by atoms with van der Waals surface area (Å²) < 4.78 is 25.4. The fourth-order valence-corrected chi connectivity index (χ4v) is 7.75. The van der Waals surface area contributed by atoms with Crippen LogP contribution in [0.5, 0.6) is 0 Å². The van der Waals surface area contributed by atoms with Crippen LogP contribution < -0.4 is 4.72 Å². The molecule has 5 fully saturated rings. The molecule has 4 aliphatic carbocycles. The fourth-order valence-electron chi connectivity index (χ4n) is 7.00. The molecule has 1 aromatic rings. The minimum atomic E-state index is -3.25. The Morgan fingerprint density at radius 2 is 1.66 bits per heavy atom. The number of nitrogens with zero attached hydrogens (tertiary/aromatic N) is 1. The molecule has 29 heavy (non-hydrogen) atoms. The second kappa shape index (κ2) is 6.79. The molecule has 158 valence electrons. The third kappa shape index (κ3) is 3.22. The average molecular weight is 419 g/mol. The molecule has 7 heteroatoms. The van der Waals surface area contributed by atoms with E-state index in [1.165, 1.54) is 5.56 Å². The number of aliphatic hydroxyl groups excluding tert-OH is 1. The monoisotopic (exact) mass is 418 g/mol. The van der Waals surface area contributed by atoms with E-state index in [9.17, 15) is 18.3 Å². The number of nitrogens with one attached hydrogen (secondary N) is 1. The summed E-state index contributed by atoms with van der Waals surface area (Å²) in [5, 5.41) is 10.6. The van der Waals surface area contributed by atoms with Crippen LogP contribution >= 0.6 is 0 Å². The van der Waals surface area contributed by atoms with Gasteiger partial charge in [-0.3, -0.25) is 4.79 Å². The molecule has 0 atom stereocenters. The maximum Gasteiger partial charge on any atom is 0.223 e. The number of hydrogen-bond acceptors (Lipinski definition) is 4. The molecular weight excluding hydrogens is 388 g/mol. The zero-order valence-corrected chi connectivity index (χ0v) is 17.6. The van der Waals surface area contributed by atoms with Crippen LogP contribution in [0.3, 0.4) is 0 Å². The van der Waals surface area contributed by atoms with Gasteiger partial charge in [-0.1, -0.05) is 30.3 Å². The van der Waals surface area contributed by atoms with E-state index in [0.717, 1.165) is 31.9 Å². The summed E-state index contributed by atoms with van der Waals surface area (Å²) in [5.41, 5.74) is 1.11. The molecule has 1 aliphatic heterocycles. The Kier molecular flexibility index (Phi) is 4.57. The number of amides is 1. The second-order valence-corrected chi connectivity index (χ2v) is 11.6. The summed E-state index contributed by atoms with van der Waals surface area (Å²) in [6.07, 6.45) is 5.52. The first-order valence-corrected chi connectivity index (χ1v) is 12.6. The van der Waals surface area contributed by atoms with Crippen molar-refractivity contribution in [1.29, 1.82) is 0 Å². The topological polar surface area (TPSA) is 86.7 Å². The number of carbonyl (C=O) groups excluding carboxylic acids is 1. The van der Waals surface area contributed by atoms with Crippen LogP contribution in [0, 0.1) is 23.7 Å². The molecule has 5 aliphatic rings. The molecule has 0 radical (unpaired) electrons. The molecule has 6 nitrogen and oxygen atoms in total.